The van der Waals surface area contributed by atoms with Gasteiger partial charge in [0.15, 0.2) is 0 Å². The third kappa shape index (κ3) is 3.92. The van der Waals surface area contributed by atoms with E-state index in [0.29, 0.717) is 20.7 Å². The lowest BCUT2D eigenvalue weighted by Gasteiger charge is -2.08. The Hall–Kier alpha value is -1.19. The number of nitrogens with one attached hydrogen (secondary N) is 1. The van der Waals surface area contributed by atoms with Gasteiger partial charge in [0.1, 0.15) is 0 Å². The lowest BCUT2D eigenvalue weighted by atomic mass is 10.2. The Bertz CT molecular complexity index is 739. The monoisotopic (exact) mass is 480 g/mol. The molecule has 108 valence electrons. The normalized spacial score (nSPS) is 10.2. The molecule has 1 N–H and O–H groups in total. The molecule has 0 heterocycles. The zero-order valence-electron chi connectivity index (χ0n) is 10.3. The number of carbonyl (C=O) groups is 1. The molecule has 0 atom stereocenters. The molecular formula is C13H7BrClIN2O3. The van der Waals surface area contributed by atoms with Crippen LogP contribution in [0.4, 0.5) is 11.4 Å². The Labute approximate surface area is 147 Å². The molecule has 0 bridgehead atoms. The van der Waals surface area contributed by atoms with Crippen LogP contribution < -0.4 is 5.32 Å². The van der Waals surface area contributed by atoms with Crippen LogP contribution in [0.1, 0.15) is 10.4 Å². The van der Waals surface area contributed by atoms with Crippen molar-refractivity contribution in [2.45, 2.75) is 0 Å². The van der Waals surface area contributed by atoms with E-state index in [4.69, 9.17) is 11.6 Å². The summed E-state index contributed by atoms with van der Waals surface area (Å²) in [5.41, 5.74) is 0.632. The van der Waals surface area contributed by atoms with Crippen molar-refractivity contribution >= 4 is 67.4 Å². The summed E-state index contributed by atoms with van der Waals surface area (Å²) < 4.78 is 1.09. The van der Waals surface area contributed by atoms with Gasteiger partial charge in [-0.3, -0.25) is 14.9 Å². The molecule has 2 aromatic carbocycles. The number of halogens is 3. The van der Waals surface area contributed by atoms with E-state index < -0.39 is 4.92 Å². The molecule has 0 unspecified atom stereocenters. The second kappa shape index (κ2) is 6.71. The lowest BCUT2D eigenvalue weighted by molar-refractivity contribution is -0.385. The van der Waals surface area contributed by atoms with Gasteiger partial charge in [-0.2, -0.15) is 0 Å². The van der Waals surface area contributed by atoms with Crippen LogP contribution in [0, 0.1) is 13.7 Å². The minimum atomic E-state index is -0.525. The van der Waals surface area contributed by atoms with Crippen molar-refractivity contribution in [3.8, 4) is 0 Å². The van der Waals surface area contributed by atoms with Gasteiger partial charge in [0.25, 0.3) is 11.6 Å². The molecule has 0 aromatic heterocycles. The molecule has 21 heavy (non-hydrogen) atoms. The van der Waals surface area contributed by atoms with Crippen LogP contribution in [-0.4, -0.2) is 10.8 Å². The first kappa shape index (κ1) is 16.2. The average molecular weight is 481 g/mol. The van der Waals surface area contributed by atoms with Gasteiger partial charge in [0.2, 0.25) is 0 Å². The van der Waals surface area contributed by atoms with Gasteiger partial charge in [-0.25, -0.2) is 0 Å². The van der Waals surface area contributed by atoms with Gasteiger partial charge in [0.05, 0.1) is 15.0 Å². The fourth-order valence-electron chi connectivity index (χ4n) is 1.60. The molecule has 0 fully saturated rings. The Balaban J connectivity index is 2.29. The first-order valence-electron chi connectivity index (χ1n) is 5.59. The van der Waals surface area contributed by atoms with E-state index >= 15 is 0 Å². The highest BCUT2D eigenvalue weighted by molar-refractivity contribution is 14.1. The Morgan fingerprint density at radius 2 is 2.00 bits per heavy atom. The Morgan fingerprint density at radius 3 is 2.67 bits per heavy atom. The SMILES string of the molecule is O=C(Nc1ccc(Br)c([N+](=O)[O-])c1)c1cc(Cl)ccc1I. The smallest absolute Gasteiger partial charge is 0.285 e. The van der Waals surface area contributed by atoms with Gasteiger partial charge < -0.3 is 5.32 Å². The molecule has 0 radical (unpaired) electrons. The van der Waals surface area contributed by atoms with Gasteiger partial charge in [-0.1, -0.05) is 11.6 Å². The molecule has 2 rings (SSSR count). The molecule has 1 amide bonds. The number of amides is 1. The number of nitro benzene ring substituents is 1. The number of nitro groups is 1. The highest BCUT2D eigenvalue weighted by atomic mass is 127. The van der Waals surface area contributed by atoms with Crippen molar-refractivity contribution in [2.24, 2.45) is 0 Å². The third-order valence-electron chi connectivity index (χ3n) is 2.57. The van der Waals surface area contributed by atoms with Gasteiger partial charge in [-0.15, -0.1) is 0 Å². The molecule has 0 aliphatic carbocycles. The minimum Gasteiger partial charge on any atom is -0.322 e. The molecular weight excluding hydrogens is 474 g/mol. The number of hydrogen-bond acceptors (Lipinski definition) is 3. The second-order valence-electron chi connectivity index (χ2n) is 4.00. The van der Waals surface area contributed by atoms with E-state index in [1.807, 2.05) is 22.6 Å². The zero-order valence-corrected chi connectivity index (χ0v) is 14.8. The molecule has 0 aliphatic heterocycles. The molecule has 0 spiro atoms. The first-order chi connectivity index (χ1) is 9.88. The van der Waals surface area contributed by atoms with Crippen LogP contribution in [0.3, 0.4) is 0 Å². The van der Waals surface area contributed by atoms with Crippen molar-refractivity contribution in [1.82, 2.24) is 0 Å². The predicted molar refractivity (Wildman–Crippen MR) is 92.9 cm³/mol. The average Bonchev–Trinajstić information content (AvgIpc) is 2.43. The fraction of sp³-hybridized carbons (Fsp3) is 0. The van der Waals surface area contributed by atoms with Gasteiger partial charge >= 0.3 is 0 Å². The number of nitrogens with zero attached hydrogens (tertiary/aromatic N) is 1. The third-order valence-corrected chi connectivity index (χ3v) is 4.42. The van der Waals surface area contributed by atoms with Crippen LogP contribution in [0.5, 0.6) is 0 Å². The second-order valence-corrected chi connectivity index (χ2v) is 6.45. The van der Waals surface area contributed by atoms with Crippen molar-refractivity contribution in [3.05, 3.63) is 65.1 Å². The highest BCUT2D eigenvalue weighted by Gasteiger charge is 2.15. The van der Waals surface area contributed by atoms with Crippen LogP contribution in [0.15, 0.2) is 40.9 Å². The lowest BCUT2D eigenvalue weighted by Crippen LogP contribution is -2.13. The maximum atomic E-state index is 12.2. The summed E-state index contributed by atoms with van der Waals surface area (Å²) in [6.45, 7) is 0. The quantitative estimate of drug-likeness (QED) is 0.386. The summed E-state index contributed by atoms with van der Waals surface area (Å²) >= 11 is 11.0. The topological polar surface area (TPSA) is 72.2 Å². The predicted octanol–water partition coefficient (Wildman–Crippen LogP) is 4.87. The van der Waals surface area contributed by atoms with Crippen molar-refractivity contribution in [2.75, 3.05) is 5.32 Å². The first-order valence-corrected chi connectivity index (χ1v) is 7.84. The Morgan fingerprint density at radius 1 is 1.29 bits per heavy atom. The highest BCUT2D eigenvalue weighted by Crippen LogP contribution is 2.28. The number of hydrogen-bond donors (Lipinski definition) is 1. The van der Waals surface area contributed by atoms with Crippen LogP contribution in [-0.2, 0) is 0 Å². The molecule has 8 heteroatoms. The number of benzene rings is 2. The summed E-state index contributed by atoms with van der Waals surface area (Å²) in [5, 5.41) is 13.9. The maximum Gasteiger partial charge on any atom is 0.285 e. The van der Waals surface area contributed by atoms with Gasteiger partial charge in [0, 0.05) is 20.3 Å². The van der Waals surface area contributed by atoms with Crippen LogP contribution in [0.25, 0.3) is 0 Å². The van der Waals surface area contributed by atoms with E-state index in [-0.39, 0.29) is 11.6 Å². The summed E-state index contributed by atoms with van der Waals surface area (Å²) in [4.78, 5) is 22.5. The van der Waals surface area contributed by atoms with Gasteiger partial charge in [-0.05, 0) is 68.9 Å². The van der Waals surface area contributed by atoms with E-state index in [1.165, 1.54) is 12.1 Å². The van der Waals surface area contributed by atoms with Crippen molar-refractivity contribution < 1.29 is 9.72 Å². The molecule has 0 saturated carbocycles. The van der Waals surface area contributed by atoms with Crippen LogP contribution in [0.2, 0.25) is 5.02 Å². The zero-order chi connectivity index (χ0) is 15.6. The summed E-state index contributed by atoms with van der Waals surface area (Å²) in [6, 6.07) is 9.33. The largest absolute Gasteiger partial charge is 0.322 e. The van der Waals surface area contributed by atoms with E-state index in [9.17, 15) is 14.9 Å². The molecule has 2 aromatic rings. The minimum absolute atomic E-state index is 0.117. The number of anilines is 1. The maximum absolute atomic E-state index is 12.2. The van der Waals surface area contributed by atoms with Crippen molar-refractivity contribution in [3.63, 3.8) is 0 Å². The summed E-state index contributed by atoms with van der Waals surface area (Å²) in [5.74, 6) is -0.376. The standard InChI is InChI=1S/C13H7BrClIN2O3/c14-10-3-2-8(6-12(10)18(20)21)17-13(19)9-5-7(15)1-4-11(9)16/h1-6H,(H,17,19). The molecule has 0 saturated heterocycles. The number of carbonyl (C=O) groups excluding carboxylic acids is 1. The molecule has 5 nitrogen and oxygen atoms in total. The number of rotatable bonds is 3. The van der Waals surface area contributed by atoms with E-state index in [0.717, 1.165) is 3.57 Å². The molecule has 0 aliphatic rings. The van der Waals surface area contributed by atoms with Crippen molar-refractivity contribution in [1.29, 1.82) is 0 Å². The summed E-state index contributed by atoms with van der Waals surface area (Å²) in [6.07, 6.45) is 0. The van der Waals surface area contributed by atoms with E-state index in [1.54, 1.807) is 24.3 Å². The fourth-order valence-corrected chi connectivity index (χ4v) is 2.74. The Kier molecular flexibility index (Phi) is 5.17. The van der Waals surface area contributed by atoms with Crippen LogP contribution >= 0.6 is 50.1 Å². The van der Waals surface area contributed by atoms with E-state index in [2.05, 4.69) is 21.2 Å². The summed E-state index contributed by atoms with van der Waals surface area (Å²) in [7, 11) is 0.